The van der Waals surface area contributed by atoms with Crippen LogP contribution in [0.25, 0.3) is 0 Å². The van der Waals surface area contributed by atoms with E-state index in [0.29, 0.717) is 18.4 Å². The van der Waals surface area contributed by atoms with Crippen LogP contribution in [0.2, 0.25) is 0 Å². The molecule has 0 aromatic rings. The van der Waals surface area contributed by atoms with Gasteiger partial charge < -0.3 is 19.5 Å². The first-order valence-corrected chi connectivity index (χ1v) is 14.8. The van der Waals surface area contributed by atoms with Gasteiger partial charge in [-0.3, -0.25) is 10.1 Å². The molecule has 0 radical (unpaired) electrons. The molecule has 1 spiro atoms. The van der Waals surface area contributed by atoms with Gasteiger partial charge in [0.25, 0.3) is 0 Å². The topological polar surface area (TPSA) is 71.0 Å². The van der Waals surface area contributed by atoms with Gasteiger partial charge in [-0.05, 0) is 80.3 Å². The van der Waals surface area contributed by atoms with Crippen LogP contribution in [0.3, 0.4) is 0 Å². The number of hydrogen-bond donors (Lipinski definition) is 2. The molecule has 4 heterocycles. The van der Waals surface area contributed by atoms with E-state index in [1.54, 1.807) is 0 Å². The molecule has 0 bridgehead atoms. The van der Waals surface area contributed by atoms with Crippen LogP contribution in [0.1, 0.15) is 77.0 Å². The Balaban J connectivity index is 1.17. The molecule has 0 saturated carbocycles. The predicted octanol–water partition coefficient (Wildman–Crippen LogP) is 4.66. The van der Waals surface area contributed by atoms with Crippen molar-refractivity contribution in [3.8, 4) is 0 Å². The molecule has 5 rings (SSSR count). The van der Waals surface area contributed by atoms with Crippen LogP contribution in [-0.4, -0.2) is 59.8 Å². The van der Waals surface area contributed by atoms with Crippen molar-refractivity contribution in [3.63, 3.8) is 0 Å². The van der Waals surface area contributed by atoms with Gasteiger partial charge in [0, 0.05) is 6.54 Å². The summed E-state index contributed by atoms with van der Waals surface area (Å²) in [4.78, 5) is 15.1. The van der Waals surface area contributed by atoms with Gasteiger partial charge in [0.2, 0.25) is 5.91 Å². The number of unbranched alkanes of at least 4 members (excludes halogenated alkanes) is 1. The lowest BCUT2D eigenvalue weighted by atomic mass is 9.61. The van der Waals surface area contributed by atoms with Gasteiger partial charge in [0.05, 0.1) is 30.1 Å². The Kier molecular flexibility index (Phi) is 8.35. The van der Waals surface area contributed by atoms with Gasteiger partial charge in [-0.25, -0.2) is 0 Å². The van der Waals surface area contributed by atoms with Crippen LogP contribution < -0.4 is 5.32 Å². The minimum Gasteiger partial charge on any atom is -0.388 e. The number of carbonyl (C=O) groups is 1. The van der Waals surface area contributed by atoms with E-state index in [4.69, 9.17) is 9.47 Å². The SMILES string of the molecule is O=C1C[C@@H](CCCC[C@@H]2CC[C@@H]3CCCN[C@@H]3O2)O[C@@H]2N1CCC[C@]21[C@H](O)C=CC[C@@H]1/C=C\I. The van der Waals surface area contributed by atoms with Gasteiger partial charge in [-0.1, -0.05) is 53.7 Å². The molecule has 8 atom stereocenters. The molecular weight excluding hydrogens is 543 g/mol. The van der Waals surface area contributed by atoms with Gasteiger partial charge in [-0.15, -0.1) is 0 Å². The average Bonchev–Trinajstić information content (AvgIpc) is 2.85. The van der Waals surface area contributed by atoms with Crippen LogP contribution in [0.5, 0.6) is 0 Å². The molecule has 0 aromatic carbocycles. The first-order chi connectivity index (χ1) is 16.6. The Morgan fingerprint density at radius 2 is 2.03 bits per heavy atom. The standard InChI is InChI=1S/C27H41IN2O4/c28-15-13-20-7-3-10-23(31)27(20)14-5-17-30-24(32)18-22(34-26(27)30)9-2-1-8-21-12-11-19-6-4-16-29-25(19)33-21/h3,10,13,15,19-23,25-26,29,31H,1-2,4-9,11-12,14,16-18H2/b15-13-/t19-,20+,21+,22+,23+,25+,26-,27-/m0/s1. The van der Waals surface area contributed by atoms with E-state index in [9.17, 15) is 9.90 Å². The molecule has 2 N–H and O–H groups in total. The molecule has 5 aliphatic rings. The summed E-state index contributed by atoms with van der Waals surface area (Å²) in [7, 11) is 0. The summed E-state index contributed by atoms with van der Waals surface area (Å²) in [6, 6.07) is 0. The number of aliphatic hydroxyl groups is 1. The maximum atomic E-state index is 13.1. The largest absolute Gasteiger partial charge is 0.388 e. The van der Waals surface area contributed by atoms with Crippen molar-refractivity contribution < 1.29 is 19.4 Å². The maximum absolute atomic E-state index is 13.1. The molecule has 7 heteroatoms. The number of halogens is 1. The molecule has 190 valence electrons. The van der Waals surface area contributed by atoms with Crippen LogP contribution in [-0.2, 0) is 14.3 Å². The van der Waals surface area contributed by atoms with Crippen molar-refractivity contribution in [2.45, 2.75) is 108 Å². The lowest BCUT2D eigenvalue weighted by Gasteiger charge is -2.57. The fraction of sp³-hybridized carbons (Fsp3) is 0.815. The van der Waals surface area contributed by atoms with Crippen molar-refractivity contribution in [3.05, 3.63) is 22.3 Å². The van der Waals surface area contributed by atoms with E-state index in [2.05, 4.69) is 44.1 Å². The zero-order chi connectivity index (χ0) is 23.5. The van der Waals surface area contributed by atoms with Crippen molar-refractivity contribution >= 4 is 28.5 Å². The summed E-state index contributed by atoms with van der Waals surface area (Å²) in [5, 5.41) is 14.7. The second-order valence-electron chi connectivity index (χ2n) is 11.0. The average molecular weight is 585 g/mol. The second kappa shape index (κ2) is 11.3. The Hall–Kier alpha value is -0.480. The van der Waals surface area contributed by atoms with Gasteiger partial charge >= 0.3 is 0 Å². The molecule has 1 aliphatic carbocycles. The number of nitrogens with one attached hydrogen (secondary N) is 1. The quantitative estimate of drug-likeness (QED) is 0.270. The fourth-order valence-corrected chi connectivity index (χ4v) is 7.75. The van der Waals surface area contributed by atoms with E-state index >= 15 is 0 Å². The third-order valence-electron chi connectivity index (χ3n) is 9.08. The molecule has 6 nitrogen and oxygen atoms in total. The number of nitrogens with zero attached hydrogens (tertiary/aromatic N) is 1. The molecule has 4 saturated heterocycles. The van der Waals surface area contributed by atoms with Crippen LogP contribution in [0.4, 0.5) is 0 Å². The summed E-state index contributed by atoms with van der Waals surface area (Å²) in [5.41, 5.74) is -0.442. The number of fused-ring (bicyclic) bond motifs is 3. The first-order valence-electron chi connectivity index (χ1n) is 13.6. The minimum absolute atomic E-state index is 0.0530. The zero-order valence-corrected chi connectivity index (χ0v) is 22.4. The smallest absolute Gasteiger partial charge is 0.227 e. The lowest BCUT2D eigenvalue weighted by molar-refractivity contribution is -0.241. The van der Waals surface area contributed by atoms with E-state index in [0.717, 1.165) is 58.0 Å². The molecular formula is C27H41IN2O4. The van der Waals surface area contributed by atoms with Crippen molar-refractivity contribution in [1.29, 1.82) is 0 Å². The number of piperidine rings is 2. The molecule has 0 aromatic heterocycles. The third kappa shape index (κ3) is 5.01. The normalized spacial score (nSPS) is 42.7. The van der Waals surface area contributed by atoms with Gasteiger partial charge in [-0.2, -0.15) is 0 Å². The number of amides is 1. The Morgan fingerprint density at radius 1 is 1.18 bits per heavy atom. The number of aliphatic hydroxyl groups excluding tert-OH is 1. The highest BCUT2D eigenvalue weighted by Crippen LogP contribution is 2.52. The highest BCUT2D eigenvalue weighted by molar-refractivity contribution is 14.1. The van der Waals surface area contributed by atoms with Gasteiger partial charge in [0.1, 0.15) is 12.5 Å². The summed E-state index contributed by atoms with van der Waals surface area (Å²) in [5.74, 6) is 1.09. The molecule has 4 aliphatic heterocycles. The maximum Gasteiger partial charge on any atom is 0.227 e. The summed E-state index contributed by atoms with van der Waals surface area (Å²) < 4.78 is 15.1. The lowest BCUT2D eigenvalue weighted by Crippen LogP contribution is -2.66. The Morgan fingerprint density at radius 3 is 2.88 bits per heavy atom. The molecule has 0 unspecified atom stereocenters. The first kappa shape index (κ1) is 25.2. The van der Waals surface area contributed by atoms with E-state index in [-0.39, 0.29) is 30.4 Å². The van der Waals surface area contributed by atoms with Crippen molar-refractivity contribution in [1.82, 2.24) is 10.2 Å². The third-order valence-corrected chi connectivity index (χ3v) is 9.49. The van der Waals surface area contributed by atoms with Crippen molar-refractivity contribution in [2.75, 3.05) is 13.1 Å². The zero-order valence-electron chi connectivity index (χ0n) is 20.2. The number of allylic oxidation sites excluding steroid dienone is 2. The number of hydrogen-bond acceptors (Lipinski definition) is 5. The van der Waals surface area contributed by atoms with Gasteiger partial charge in [0.15, 0.2) is 0 Å². The number of ether oxygens (including phenoxy) is 2. The minimum atomic E-state index is -0.584. The van der Waals surface area contributed by atoms with Crippen LogP contribution in [0.15, 0.2) is 22.3 Å². The summed E-state index contributed by atoms with van der Waals surface area (Å²) in [6.45, 7) is 1.82. The van der Waals surface area contributed by atoms with Crippen LogP contribution in [0, 0.1) is 17.3 Å². The number of carbonyl (C=O) groups excluding carboxylic acids is 1. The van der Waals surface area contributed by atoms with Crippen LogP contribution >= 0.6 is 22.6 Å². The molecule has 34 heavy (non-hydrogen) atoms. The van der Waals surface area contributed by atoms with E-state index < -0.39 is 11.5 Å². The Bertz CT molecular complexity index is 776. The summed E-state index contributed by atoms with van der Waals surface area (Å²) in [6.07, 6.45) is 18.2. The van der Waals surface area contributed by atoms with E-state index in [1.807, 2.05) is 11.0 Å². The number of rotatable bonds is 6. The monoisotopic (exact) mass is 584 g/mol. The fourth-order valence-electron chi connectivity index (χ4n) is 7.25. The highest BCUT2D eigenvalue weighted by atomic mass is 127. The second-order valence-corrected chi connectivity index (χ2v) is 11.8. The molecule has 4 fully saturated rings. The van der Waals surface area contributed by atoms with E-state index in [1.165, 1.54) is 25.7 Å². The summed E-state index contributed by atoms with van der Waals surface area (Å²) >= 11 is 2.26. The molecule has 1 amide bonds. The van der Waals surface area contributed by atoms with Crippen molar-refractivity contribution in [2.24, 2.45) is 17.3 Å². The predicted molar refractivity (Wildman–Crippen MR) is 140 cm³/mol. The Labute approximate surface area is 218 Å². The highest BCUT2D eigenvalue weighted by Gasteiger charge is 2.57.